The van der Waals surface area contributed by atoms with Crippen LogP contribution in [0.2, 0.25) is 0 Å². The average Bonchev–Trinajstić information content (AvgIpc) is 2.93. The summed E-state index contributed by atoms with van der Waals surface area (Å²) in [6.45, 7) is 2.30. The highest BCUT2D eigenvalue weighted by Crippen LogP contribution is 2.26. The summed E-state index contributed by atoms with van der Waals surface area (Å²) in [5.41, 5.74) is 2.02. The van der Waals surface area contributed by atoms with Crippen LogP contribution in [0.15, 0.2) is 41.3 Å². The fourth-order valence-corrected chi connectivity index (χ4v) is 4.21. The third-order valence-electron chi connectivity index (χ3n) is 3.84. The number of sulfonamides is 1. The van der Waals surface area contributed by atoms with E-state index in [0.29, 0.717) is 13.0 Å². The Morgan fingerprint density at radius 2 is 1.92 bits per heavy atom. The van der Waals surface area contributed by atoms with Crippen LogP contribution in [0.4, 0.5) is 8.78 Å². The number of halogens is 2. The third kappa shape index (κ3) is 3.42. The molecule has 1 atom stereocenters. The van der Waals surface area contributed by atoms with Crippen molar-refractivity contribution in [3.05, 3.63) is 59.2 Å². The molecule has 0 saturated heterocycles. The van der Waals surface area contributed by atoms with Gasteiger partial charge in [-0.1, -0.05) is 18.2 Å². The van der Waals surface area contributed by atoms with Gasteiger partial charge in [0.1, 0.15) is 17.4 Å². The Kier molecular flexibility index (Phi) is 4.56. The molecule has 128 valence electrons. The van der Waals surface area contributed by atoms with Crippen LogP contribution in [-0.2, 0) is 22.9 Å². The maximum atomic E-state index is 13.7. The number of rotatable bonds is 5. The van der Waals surface area contributed by atoms with Crippen molar-refractivity contribution in [1.82, 2.24) is 4.72 Å². The summed E-state index contributed by atoms with van der Waals surface area (Å²) in [4.78, 5) is -0.945. The van der Waals surface area contributed by atoms with Gasteiger partial charge in [-0.15, -0.1) is 0 Å². The summed E-state index contributed by atoms with van der Waals surface area (Å²) in [6.07, 6.45) is 1.23. The summed E-state index contributed by atoms with van der Waals surface area (Å²) in [6, 6.07) is 8.13. The summed E-state index contributed by atoms with van der Waals surface area (Å²) in [7, 11) is -4.28. The zero-order valence-corrected chi connectivity index (χ0v) is 13.9. The Balaban J connectivity index is 1.75. The van der Waals surface area contributed by atoms with Crippen LogP contribution >= 0.6 is 0 Å². The van der Waals surface area contributed by atoms with Gasteiger partial charge in [-0.2, -0.15) is 0 Å². The molecule has 0 bridgehead atoms. The van der Waals surface area contributed by atoms with Gasteiger partial charge in [0.05, 0.1) is 6.61 Å². The van der Waals surface area contributed by atoms with Gasteiger partial charge in [0.15, 0.2) is 4.90 Å². The van der Waals surface area contributed by atoms with Gasteiger partial charge in [0, 0.05) is 12.5 Å². The molecule has 4 nitrogen and oxygen atoms in total. The van der Waals surface area contributed by atoms with E-state index in [2.05, 4.69) is 4.72 Å². The van der Waals surface area contributed by atoms with E-state index < -0.39 is 32.6 Å². The second-order valence-corrected chi connectivity index (χ2v) is 7.47. The van der Waals surface area contributed by atoms with Crippen molar-refractivity contribution >= 4 is 10.0 Å². The van der Waals surface area contributed by atoms with Crippen molar-refractivity contribution < 1.29 is 21.9 Å². The first-order valence-corrected chi connectivity index (χ1v) is 9.06. The van der Waals surface area contributed by atoms with Gasteiger partial charge < -0.3 is 4.74 Å². The molecule has 2 aromatic carbocycles. The van der Waals surface area contributed by atoms with E-state index in [4.69, 9.17) is 4.74 Å². The maximum Gasteiger partial charge on any atom is 0.246 e. The van der Waals surface area contributed by atoms with Gasteiger partial charge in [-0.05, 0) is 42.7 Å². The summed E-state index contributed by atoms with van der Waals surface area (Å²) in [5.74, 6) is -1.37. The second-order valence-electron chi connectivity index (χ2n) is 5.82. The molecule has 0 radical (unpaired) electrons. The third-order valence-corrected chi connectivity index (χ3v) is 5.48. The minimum absolute atomic E-state index is 0.405. The lowest BCUT2D eigenvalue weighted by Gasteiger charge is -2.15. The lowest BCUT2D eigenvalue weighted by Crippen LogP contribution is -2.35. The average molecular weight is 353 g/mol. The van der Waals surface area contributed by atoms with Crippen molar-refractivity contribution in [3.8, 4) is 5.75 Å². The number of nitrogens with one attached hydrogen (secondary N) is 1. The largest absolute Gasteiger partial charge is 0.493 e. The lowest BCUT2D eigenvalue weighted by molar-refractivity contribution is 0.357. The fourth-order valence-electron chi connectivity index (χ4n) is 2.83. The van der Waals surface area contributed by atoms with Crippen LogP contribution in [0.3, 0.4) is 0 Å². The first kappa shape index (κ1) is 16.9. The molecule has 3 rings (SSSR count). The van der Waals surface area contributed by atoms with E-state index in [0.717, 1.165) is 41.5 Å². The van der Waals surface area contributed by atoms with E-state index in [9.17, 15) is 17.2 Å². The van der Waals surface area contributed by atoms with Gasteiger partial charge in [0.2, 0.25) is 10.0 Å². The molecule has 1 unspecified atom stereocenters. The Bertz CT molecular complexity index is 848. The zero-order chi connectivity index (χ0) is 17.3. The quantitative estimate of drug-likeness (QED) is 0.899. The molecule has 2 aromatic rings. The molecule has 1 N–H and O–H groups in total. The van der Waals surface area contributed by atoms with E-state index in [1.807, 2.05) is 18.2 Å². The number of hydrogen-bond donors (Lipinski definition) is 1. The highest BCUT2D eigenvalue weighted by Gasteiger charge is 2.25. The van der Waals surface area contributed by atoms with Crippen LogP contribution in [0.5, 0.6) is 5.75 Å². The number of fused-ring (bicyclic) bond motifs is 1. The molecule has 1 heterocycles. The van der Waals surface area contributed by atoms with Gasteiger partial charge in [0.25, 0.3) is 0 Å². The molecule has 0 amide bonds. The molecule has 1 aliphatic rings. The van der Waals surface area contributed by atoms with Crippen LogP contribution in [0.25, 0.3) is 0 Å². The molecule has 0 fully saturated rings. The van der Waals surface area contributed by atoms with Gasteiger partial charge in [-0.3, -0.25) is 0 Å². The molecule has 1 aliphatic heterocycles. The molecule has 0 spiro atoms. The van der Waals surface area contributed by atoms with Crippen LogP contribution in [0.1, 0.15) is 18.1 Å². The SMILES string of the molecule is CC(Cc1ccc2c(c1)CCO2)NS(=O)(=O)c1c(F)cccc1F. The minimum Gasteiger partial charge on any atom is -0.493 e. The van der Waals surface area contributed by atoms with E-state index in [1.165, 1.54) is 0 Å². The molecular weight excluding hydrogens is 336 g/mol. The van der Waals surface area contributed by atoms with Crippen molar-refractivity contribution in [2.24, 2.45) is 0 Å². The van der Waals surface area contributed by atoms with E-state index in [1.54, 1.807) is 6.92 Å². The first-order valence-electron chi connectivity index (χ1n) is 7.58. The Hall–Kier alpha value is -1.99. The van der Waals surface area contributed by atoms with Crippen LogP contribution in [-0.4, -0.2) is 21.1 Å². The topological polar surface area (TPSA) is 55.4 Å². The molecule has 0 saturated carbocycles. The Morgan fingerprint density at radius 1 is 1.21 bits per heavy atom. The lowest BCUT2D eigenvalue weighted by atomic mass is 10.0. The second kappa shape index (κ2) is 6.49. The number of hydrogen-bond acceptors (Lipinski definition) is 3. The highest BCUT2D eigenvalue weighted by molar-refractivity contribution is 7.89. The normalized spacial score (nSPS) is 15.0. The van der Waals surface area contributed by atoms with Crippen LogP contribution < -0.4 is 9.46 Å². The Morgan fingerprint density at radius 3 is 2.62 bits per heavy atom. The van der Waals surface area contributed by atoms with Crippen molar-refractivity contribution in [1.29, 1.82) is 0 Å². The van der Waals surface area contributed by atoms with Crippen molar-refractivity contribution in [2.45, 2.75) is 30.7 Å². The monoisotopic (exact) mass is 353 g/mol. The molecule has 24 heavy (non-hydrogen) atoms. The maximum absolute atomic E-state index is 13.7. The summed E-state index contributed by atoms with van der Waals surface area (Å²) < 4.78 is 59.7. The fraction of sp³-hybridized carbons (Fsp3) is 0.294. The minimum atomic E-state index is -4.28. The van der Waals surface area contributed by atoms with Gasteiger partial charge >= 0.3 is 0 Å². The van der Waals surface area contributed by atoms with Gasteiger partial charge in [-0.25, -0.2) is 21.9 Å². The van der Waals surface area contributed by atoms with Crippen LogP contribution in [0, 0.1) is 11.6 Å². The Labute approximate surface area is 139 Å². The smallest absolute Gasteiger partial charge is 0.246 e. The highest BCUT2D eigenvalue weighted by atomic mass is 32.2. The zero-order valence-electron chi connectivity index (χ0n) is 13.1. The van der Waals surface area contributed by atoms with Crippen molar-refractivity contribution in [3.63, 3.8) is 0 Å². The number of benzene rings is 2. The van der Waals surface area contributed by atoms with E-state index >= 15 is 0 Å². The van der Waals surface area contributed by atoms with E-state index in [-0.39, 0.29) is 0 Å². The summed E-state index contributed by atoms with van der Waals surface area (Å²) in [5, 5.41) is 0. The predicted octanol–water partition coefficient (Wildman–Crippen LogP) is 2.81. The first-order chi connectivity index (χ1) is 11.4. The standard InChI is InChI=1S/C17H17F2NO3S/c1-11(9-12-5-6-16-13(10-12)7-8-23-16)20-24(21,22)17-14(18)3-2-4-15(17)19/h2-6,10-11,20H,7-9H2,1H3. The molecule has 0 aromatic heterocycles. The summed E-state index contributed by atoms with van der Waals surface area (Å²) >= 11 is 0. The number of ether oxygens (including phenoxy) is 1. The molecular formula is C17H17F2NO3S. The van der Waals surface area contributed by atoms with Crippen molar-refractivity contribution in [2.75, 3.05) is 6.61 Å². The molecule has 7 heteroatoms. The molecule has 0 aliphatic carbocycles. The predicted molar refractivity (Wildman–Crippen MR) is 85.5 cm³/mol.